The van der Waals surface area contributed by atoms with E-state index in [0.29, 0.717) is 72.6 Å². The van der Waals surface area contributed by atoms with Gasteiger partial charge in [-0.1, -0.05) is 60.7 Å². The summed E-state index contributed by atoms with van der Waals surface area (Å²) < 4.78 is 4.14. The molecule has 0 aliphatic heterocycles. The molecule has 2 aromatic heterocycles. The van der Waals surface area contributed by atoms with E-state index in [1.165, 1.54) is 0 Å². The topological polar surface area (TPSA) is 176 Å². The SMILES string of the molecule is N#Cc1cc(C#N)cc(-c2cc(-n3c4ccccc4c4cc(-c5ccc(C#N)cc5C#N)ccc43)c(C#N)cc2-n2c3ccccc3c3cc(-c4ccc(C#N)cc4C#N)ccc32)c1. The van der Waals surface area contributed by atoms with Crippen LogP contribution in [0.25, 0.3) is 88.4 Å². The summed E-state index contributed by atoms with van der Waals surface area (Å²) in [4.78, 5) is 0. The highest BCUT2D eigenvalue weighted by molar-refractivity contribution is 6.12. The number of hydrogen-bond donors (Lipinski definition) is 0. The van der Waals surface area contributed by atoms with E-state index in [4.69, 9.17) is 0 Å². The maximum absolute atomic E-state index is 11.1. The highest BCUT2D eigenvalue weighted by Gasteiger charge is 2.23. The maximum atomic E-state index is 11.1. The Bertz CT molecular complexity index is 3970. The number of nitrogens with zero attached hydrogens (tertiary/aromatic N) is 9. The monoisotopic (exact) mass is 811 g/mol. The van der Waals surface area contributed by atoms with Gasteiger partial charge in [0.25, 0.3) is 0 Å². The smallest absolute Gasteiger partial charge is 0.101 e. The van der Waals surface area contributed by atoms with E-state index in [0.717, 1.165) is 54.7 Å². The average Bonchev–Trinajstić information content (AvgIpc) is 3.87. The van der Waals surface area contributed by atoms with Crippen molar-refractivity contribution < 1.29 is 0 Å². The van der Waals surface area contributed by atoms with Crippen LogP contribution in [0.1, 0.15) is 38.9 Å². The zero-order chi connectivity index (χ0) is 44.1. The number of hydrogen-bond acceptors (Lipinski definition) is 7. The molecule has 9 heteroatoms. The molecule has 10 rings (SSSR count). The molecule has 0 bridgehead atoms. The summed E-state index contributed by atoms with van der Waals surface area (Å²) >= 11 is 0. The number of benzene rings is 8. The molecule has 0 N–H and O–H groups in total. The average molecular weight is 812 g/mol. The summed E-state index contributed by atoms with van der Waals surface area (Å²) in [6.45, 7) is 0. The summed E-state index contributed by atoms with van der Waals surface area (Å²) in [5.74, 6) is 0. The van der Waals surface area contributed by atoms with Crippen LogP contribution in [-0.4, -0.2) is 9.13 Å². The van der Waals surface area contributed by atoms with Crippen LogP contribution in [0.2, 0.25) is 0 Å². The van der Waals surface area contributed by atoms with Gasteiger partial charge in [0.2, 0.25) is 0 Å². The van der Waals surface area contributed by atoms with Gasteiger partial charge in [0, 0.05) is 27.1 Å². The van der Waals surface area contributed by atoms with Crippen LogP contribution in [0.3, 0.4) is 0 Å². The second kappa shape index (κ2) is 15.1. The Morgan fingerprint density at radius 2 is 0.734 bits per heavy atom. The molecule has 0 saturated heterocycles. The van der Waals surface area contributed by atoms with Crippen molar-refractivity contribution in [2.45, 2.75) is 0 Å². The lowest BCUT2D eigenvalue weighted by Crippen LogP contribution is -2.04. The standard InChI is InChI=1S/C55H25N9/c56-26-33-9-13-43(40(18-33)30-60)37-11-15-52-48(22-37)45-5-1-3-7-50(45)63(52)54-25-47(39-20-35(28-58)17-36(21-39)29-59)55(24-42(54)32-62)64-51-8-4-2-6-46(51)49-23-38(12-16-53(49)64)44-14-10-34(27-57)19-41(44)31-61/h1-25H. The fourth-order valence-corrected chi connectivity index (χ4v) is 8.90. The van der Waals surface area contributed by atoms with Gasteiger partial charge in [0.05, 0.1) is 109 Å². The Morgan fingerprint density at radius 3 is 1.20 bits per heavy atom. The summed E-state index contributed by atoms with van der Waals surface area (Å²) in [5, 5.41) is 74.1. The van der Waals surface area contributed by atoms with E-state index < -0.39 is 0 Å². The Kier molecular flexibility index (Phi) is 8.98. The molecule has 8 aromatic carbocycles. The summed E-state index contributed by atoms with van der Waals surface area (Å²) in [6.07, 6.45) is 0. The molecule has 0 aliphatic rings. The molecule has 0 radical (unpaired) electrons. The Balaban J connectivity index is 1.27. The molecule has 0 aliphatic carbocycles. The summed E-state index contributed by atoms with van der Waals surface area (Å²) in [5.41, 5.74) is 11.3. The van der Waals surface area contributed by atoms with Gasteiger partial charge in [-0.2, -0.15) is 36.8 Å². The number of fused-ring (bicyclic) bond motifs is 6. The molecule has 0 amide bonds. The van der Waals surface area contributed by atoms with Crippen molar-refractivity contribution in [3.63, 3.8) is 0 Å². The summed E-state index contributed by atoms with van der Waals surface area (Å²) in [6, 6.07) is 62.3. The van der Waals surface area contributed by atoms with Crippen LogP contribution < -0.4 is 0 Å². The maximum Gasteiger partial charge on any atom is 0.101 e. The molecule has 64 heavy (non-hydrogen) atoms. The van der Waals surface area contributed by atoms with E-state index in [-0.39, 0.29) is 0 Å². The lowest BCUT2D eigenvalue weighted by molar-refractivity contribution is 1.14. The van der Waals surface area contributed by atoms with Gasteiger partial charge < -0.3 is 9.13 Å². The molecule has 2 heterocycles. The minimum atomic E-state index is 0.303. The van der Waals surface area contributed by atoms with E-state index in [2.05, 4.69) is 47.1 Å². The van der Waals surface area contributed by atoms with Crippen molar-refractivity contribution in [1.82, 2.24) is 9.13 Å². The van der Waals surface area contributed by atoms with Crippen LogP contribution in [0.4, 0.5) is 0 Å². The van der Waals surface area contributed by atoms with E-state index in [1.54, 1.807) is 54.6 Å². The van der Waals surface area contributed by atoms with E-state index >= 15 is 0 Å². The third-order valence-electron chi connectivity index (χ3n) is 11.7. The number of aromatic nitrogens is 2. The van der Waals surface area contributed by atoms with Gasteiger partial charge in [0.15, 0.2) is 0 Å². The van der Waals surface area contributed by atoms with Gasteiger partial charge in [-0.3, -0.25) is 0 Å². The molecule has 9 nitrogen and oxygen atoms in total. The van der Waals surface area contributed by atoms with Crippen molar-refractivity contribution in [2.75, 3.05) is 0 Å². The first kappa shape index (κ1) is 38.0. The third-order valence-corrected chi connectivity index (χ3v) is 11.7. The van der Waals surface area contributed by atoms with Crippen molar-refractivity contribution >= 4 is 43.6 Å². The summed E-state index contributed by atoms with van der Waals surface area (Å²) in [7, 11) is 0. The van der Waals surface area contributed by atoms with Crippen LogP contribution in [0.5, 0.6) is 0 Å². The van der Waals surface area contributed by atoms with Crippen molar-refractivity contribution in [3.8, 4) is 87.2 Å². The van der Waals surface area contributed by atoms with Crippen LogP contribution in [0.15, 0.2) is 152 Å². The van der Waals surface area contributed by atoms with Gasteiger partial charge >= 0.3 is 0 Å². The molecule has 0 saturated carbocycles. The fraction of sp³-hybridized carbons (Fsp3) is 0. The fourth-order valence-electron chi connectivity index (χ4n) is 8.90. The lowest BCUT2D eigenvalue weighted by Gasteiger charge is -2.19. The van der Waals surface area contributed by atoms with Crippen LogP contribution in [0, 0.1) is 79.3 Å². The Labute approximate surface area is 366 Å². The molecule has 10 aromatic rings. The largest absolute Gasteiger partial charge is 0.309 e. The van der Waals surface area contributed by atoms with Crippen molar-refractivity contribution in [3.05, 3.63) is 191 Å². The quantitative estimate of drug-likeness (QED) is 0.166. The number of rotatable bonds is 5. The zero-order valence-corrected chi connectivity index (χ0v) is 33.5. The zero-order valence-electron chi connectivity index (χ0n) is 33.5. The molecule has 0 spiro atoms. The van der Waals surface area contributed by atoms with E-state index in [1.807, 2.05) is 102 Å². The predicted molar refractivity (Wildman–Crippen MR) is 244 cm³/mol. The molecular formula is C55H25N9. The van der Waals surface area contributed by atoms with Crippen LogP contribution >= 0.6 is 0 Å². The normalized spacial score (nSPS) is 10.7. The molecule has 290 valence electrons. The van der Waals surface area contributed by atoms with Crippen molar-refractivity contribution in [1.29, 1.82) is 36.8 Å². The third kappa shape index (κ3) is 5.95. The number of para-hydroxylation sites is 2. The predicted octanol–water partition coefficient (Wildman–Crippen LogP) is 12.0. The minimum absolute atomic E-state index is 0.303. The Hall–Kier alpha value is -10.2. The molecular weight excluding hydrogens is 787 g/mol. The highest BCUT2D eigenvalue weighted by atomic mass is 15.0. The van der Waals surface area contributed by atoms with Gasteiger partial charge in [-0.15, -0.1) is 0 Å². The van der Waals surface area contributed by atoms with Crippen LogP contribution in [-0.2, 0) is 0 Å². The molecule has 0 atom stereocenters. The van der Waals surface area contributed by atoms with Crippen molar-refractivity contribution in [2.24, 2.45) is 0 Å². The first-order chi connectivity index (χ1) is 31.4. The van der Waals surface area contributed by atoms with Gasteiger partial charge in [-0.05, 0) is 119 Å². The first-order valence-electron chi connectivity index (χ1n) is 19.9. The Morgan fingerprint density at radius 1 is 0.281 bits per heavy atom. The minimum Gasteiger partial charge on any atom is -0.309 e. The molecule has 0 fully saturated rings. The number of nitriles is 7. The second-order valence-corrected chi connectivity index (χ2v) is 15.2. The molecule has 0 unspecified atom stereocenters. The van der Waals surface area contributed by atoms with Gasteiger partial charge in [-0.25, -0.2) is 0 Å². The first-order valence-corrected chi connectivity index (χ1v) is 19.9. The lowest BCUT2D eigenvalue weighted by atomic mass is 9.96. The highest BCUT2D eigenvalue weighted by Crippen LogP contribution is 2.43. The van der Waals surface area contributed by atoms with Gasteiger partial charge in [0.1, 0.15) is 6.07 Å². The second-order valence-electron chi connectivity index (χ2n) is 15.2. The van der Waals surface area contributed by atoms with E-state index in [9.17, 15) is 36.8 Å².